The molecule has 50 valence electrons. The topological polar surface area (TPSA) is 44.0 Å². The quantitative estimate of drug-likeness (QED) is 0.453. The number of aliphatic hydroxyl groups excluding tert-OH is 1. The highest BCUT2D eigenvalue weighted by molar-refractivity contribution is 4.90. The summed E-state index contributed by atoms with van der Waals surface area (Å²) in [4.78, 5) is 0. The van der Waals surface area contributed by atoms with Crippen LogP contribution in [0.15, 0.2) is 12.2 Å². The van der Waals surface area contributed by atoms with Crippen LogP contribution < -0.4 is 0 Å². The van der Waals surface area contributed by atoms with Crippen LogP contribution in [0.4, 0.5) is 0 Å². The first-order chi connectivity index (χ1) is 4.41. The van der Waals surface area contributed by atoms with Crippen LogP contribution in [0.1, 0.15) is 19.3 Å². The molecule has 0 aromatic carbocycles. The Balaban J connectivity index is 2.97. The molecule has 0 saturated heterocycles. The molecule has 0 aliphatic heterocycles. The van der Waals surface area contributed by atoms with Gasteiger partial charge in [0.25, 0.3) is 0 Å². The Hall–Kier alpha value is -0.810. The number of aliphatic hydroxyl groups is 1. The van der Waals surface area contributed by atoms with Gasteiger partial charge in [-0.15, -0.1) is 0 Å². The second kappa shape index (κ2) is 7.19. The van der Waals surface area contributed by atoms with Crippen molar-refractivity contribution in [1.29, 1.82) is 5.26 Å². The van der Waals surface area contributed by atoms with Crippen molar-refractivity contribution in [1.82, 2.24) is 0 Å². The van der Waals surface area contributed by atoms with Crippen molar-refractivity contribution in [2.75, 3.05) is 6.61 Å². The molecule has 0 aliphatic carbocycles. The van der Waals surface area contributed by atoms with Gasteiger partial charge in [0.15, 0.2) is 0 Å². The van der Waals surface area contributed by atoms with Gasteiger partial charge in [-0.1, -0.05) is 12.2 Å². The summed E-state index contributed by atoms with van der Waals surface area (Å²) in [7, 11) is 0. The van der Waals surface area contributed by atoms with Crippen molar-refractivity contribution in [2.24, 2.45) is 0 Å². The van der Waals surface area contributed by atoms with E-state index in [1.165, 1.54) is 0 Å². The zero-order valence-corrected chi connectivity index (χ0v) is 5.38. The Labute approximate surface area is 55.4 Å². The van der Waals surface area contributed by atoms with Gasteiger partial charge < -0.3 is 5.11 Å². The SMILES string of the molecule is N#CCC=CCCCO. The van der Waals surface area contributed by atoms with E-state index in [9.17, 15) is 0 Å². The molecule has 0 aromatic rings. The Morgan fingerprint density at radius 2 is 2.22 bits per heavy atom. The maximum atomic E-state index is 8.32. The van der Waals surface area contributed by atoms with E-state index in [0.717, 1.165) is 12.8 Å². The fourth-order valence-electron chi connectivity index (χ4n) is 0.463. The van der Waals surface area contributed by atoms with Crippen LogP contribution in [-0.2, 0) is 0 Å². The molecule has 0 radical (unpaired) electrons. The smallest absolute Gasteiger partial charge is 0.0663 e. The van der Waals surface area contributed by atoms with Gasteiger partial charge in [0.05, 0.1) is 12.5 Å². The van der Waals surface area contributed by atoms with Gasteiger partial charge in [0, 0.05) is 6.61 Å². The highest BCUT2D eigenvalue weighted by Crippen LogP contribution is 1.89. The molecule has 9 heavy (non-hydrogen) atoms. The van der Waals surface area contributed by atoms with Gasteiger partial charge >= 0.3 is 0 Å². The first-order valence-corrected chi connectivity index (χ1v) is 3.04. The van der Waals surface area contributed by atoms with Gasteiger partial charge in [0.2, 0.25) is 0 Å². The van der Waals surface area contributed by atoms with E-state index in [1.807, 2.05) is 18.2 Å². The van der Waals surface area contributed by atoms with E-state index in [-0.39, 0.29) is 6.61 Å². The van der Waals surface area contributed by atoms with Crippen molar-refractivity contribution >= 4 is 0 Å². The predicted molar refractivity (Wildman–Crippen MR) is 35.7 cm³/mol. The third kappa shape index (κ3) is 7.19. The summed E-state index contributed by atoms with van der Waals surface area (Å²) in [5, 5.41) is 16.4. The van der Waals surface area contributed by atoms with Crippen LogP contribution in [0.3, 0.4) is 0 Å². The van der Waals surface area contributed by atoms with Crippen LogP contribution in [0.2, 0.25) is 0 Å². The maximum absolute atomic E-state index is 8.32. The molecule has 2 nitrogen and oxygen atoms in total. The molecule has 0 atom stereocenters. The van der Waals surface area contributed by atoms with E-state index in [1.54, 1.807) is 0 Å². The van der Waals surface area contributed by atoms with Crippen molar-refractivity contribution < 1.29 is 5.11 Å². The summed E-state index contributed by atoms with van der Waals surface area (Å²) in [6, 6.07) is 2.00. The molecular weight excluding hydrogens is 114 g/mol. The van der Waals surface area contributed by atoms with Gasteiger partial charge in [-0.05, 0) is 12.8 Å². The largest absolute Gasteiger partial charge is 0.396 e. The van der Waals surface area contributed by atoms with Crippen molar-refractivity contribution in [3.05, 3.63) is 12.2 Å². The van der Waals surface area contributed by atoms with E-state index in [2.05, 4.69) is 0 Å². The van der Waals surface area contributed by atoms with Gasteiger partial charge in [-0.25, -0.2) is 0 Å². The molecule has 1 N–H and O–H groups in total. The average molecular weight is 125 g/mol. The monoisotopic (exact) mass is 125 g/mol. The van der Waals surface area contributed by atoms with Crippen LogP contribution >= 0.6 is 0 Å². The lowest BCUT2D eigenvalue weighted by molar-refractivity contribution is 0.289. The molecule has 0 spiro atoms. The summed E-state index contributed by atoms with van der Waals surface area (Å²) < 4.78 is 0. The summed E-state index contributed by atoms with van der Waals surface area (Å²) in [5.41, 5.74) is 0. The Bertz CT molecular complexity index is 113. The minimum absolute atomic E-state index is 0.233. The van der Waals surface area contributed by atoms with Crippen molar-refractivity contribution in [2.45, 2.75) is 19.3 Å². The molecule has 0 heterocycles. The highest BCUT2D eigenvalue weighted by atomic mass is 16.2. The second-order valence-electron chi connectivity index (χ2n) is 1.70. The first kappa shape index (κ1) is 8.19. The number of hydrogen-bond donors (Lipinski definition) is 1. The van der Waals surface area contributed by atoms with Crippen LogP contribution in [0, 0.1) is 11.3 Å². The first-order valence-electron chi connectivity index (χ1n) is 3.04. The predicted octanol–water partition coefficient (Wildman–Crippen LogP) is 1.23. The molecule has 0 rings (SSSR count). The molecular formula is C7H11NO. The Kier molecular flexibility index (Phi) is 6.54. The molecule has 0 aliphatic rings. The zero-order valence-electron chi connectivity index (χ0n) is 5.38. The molecule has 0 amide bonds. The van der Waals surface area contributed by atoms with Crippen molar-refractivity contribution in [3.8, 4) is 6.07 Å². The minimum Gasteiger partial charge on any atom is -0.396 e. The minimum atomic E-state index is 0.233. The summed E-state index contributed by atoms with van der Waals surface area (Å²) in [6.45, 7) is 0.233. The number of nitrogens with zero attached hydrogens (tertiary/aromatic N) is 1. The third-order valence-electron chi connectivity index (χ3n) is 0.905. The molecule has 0 unspecified atom stereocenters. The van der Waals surface area contributed by atoms with E-state index < -0.39 is 0 Å². The second-order valence-corrected chi connectivity index (χ2v) is 1.70. The average Bonchev–Trinajstić information content (AvgIpc) is 1.89. The number of hydrogen-bond acceptors (Lipinski definition) is 2. The van der Waals surface area contributed by atoms with Crippen LogP contribution in [0.25, 0.3) is 0 Å². The van der Waals surface area contributed by atoms with E-state index >= 15 is 0 Å². The third-order valence-corrected chi connectivity index (χ3v) is 0.905. The lowest BCUT2D eigenvalue weighted by atomic mass is 10.3. The van der Waals surface area contributed by atoms with Crippen molar-refractivity contribution in [3.63, 3.8) is 0 Å². The lowest BCUT2D eigenvalue weighted by Gasteiger charge is -1.84. The lowest BCUT2D eigenvalue weighted by Crippen LogP contribution is -1.77. The van der Waals surface area contributed by atoms with E-state index in [4.69, 9.17) is 10.4 Å². The van der Waals surface area contributed by atoms with Gasteiger partial charge in [0.1, 0.15) is 0 Å². The van der Waals surface area contributed by atoms with Gasteiger partial charge in [-0.2, -0.15) is 5.26 Å². The van der Waals surface area contributed by atoms with E-state index in [0.29, 0.717) is 6.42 Å². The van der Waals surface area contributed by atoms with Gasteiger partial charge in [-0.3, -0.25) is 0 Å². The molecule has 0 fully saturated rings. The molecule has 2 heteroatoms. The number of unbranched alkanes of at least 4 members (excludes halogenated alkanes) is 1. The number of allylic oxidation sites excluding steroid dienone is 2. The standard InChI is InChI=1S/C7H11NO/c8-6-4-2-1-3-5-7-9/h1-2,9H,3-5,7H2. The molecule has 0 aromatic heterocycles. The number of rotatable bonds is 4. The fourth-order valence-corrected chi connectivity index (χ4v) is 0.463. The Morgan fingerprint density at radius 1 is 1.44 bits per heavy atom. The molecule has 0 bridgehead atoms. The normalized spacial score (nSPS) is 9.78. The summed E-state index contributed by atoms with van der Waals surface area (Å²) in [5.74, 6) is 0. The molecule has 0 saturated carbocycles. The highest BCUT2D eigenvalue weighted by Gasteiger charge is 1.76. The zero-order chi connectivity index (χ0) is 6.95. The maximum Gasteiger partial charge on any atom is 0.0663 e. The number of nitriles is 1. The fraction of sp³-hybridized carbons (Fsp3) is 0.571. The van der Waals surface area contributed by atoms with Crippen LogP contribution in [-0.4, -0.2) is 11.7 Å². The summed E-state index contributed by atoms with van der Waals surface area (Å²) >= 11 is 0. The summed E-state index contributed by atoms with van der Waals surface area (Å²) in [6.07, 6.45) is 5.88. The van der Waals surface area contributed by atoms with Crippen LogP contribution in [0.5, 0.6) is 0 Å². The Morgan fingerprint density at radius 3 is 2.78 bits per heavy atom.